The van der Waals surface area contributed by atoms with E-state index in [0.29, 0.717) is 48.1 Å². The van der Waals surface area contributed by atoms with Gasteiger partial charge in [-0.1, -0.05) is 17.7 Å². The van der Waals surface area contributed by atoms with Gasteiger partial charge in [-0.15, -0.1) is 0 Å². The number of aromatic amines is 1. The zero-order valence-electron chi connectivity index (χ0n) is 18.5. The number of likely N-dealkylation sites (tertiary alicyclic amines) is 1. The summed E-state index contributed by atoms with van der Waals surface area (Å²) in [6.45, 7) is 0.954. The molecule has 2 aromatic heterocycles. The van der Waals surface area contributed by atoms with Crippen LogP contribution in [0, 0.1) is 17.6 Å². The van der Waals surface area contributed by atoms with Crippen molar-refractivity contribution in [1.82, 2.24) is 25.5 Å². The molecule has 5 rings (SSSR count). The molecule has 35 heavy (non-hydrogen) atoms. The van der Waals surface area contributed by atoms with Gasteiger partial charge in [0.25, 0.3) is 5.91 Å². The number of amidine groups is 1. The average molecular weight is 503 g/mol. The van der Waals surface area contributed by atoms with Crippen molar-refractivity contribution in [1.29, 1.82) is 0 Å². The largest absolute Gasteiger partial charge is 0.369 e. The molecule has 2 aliphatic heterocycles. The van der Waals surface area contributed by atoms with Gasteiger partial charge in [0, 0.05) is 43.0 Å². The van der Waals surface area contributed by atoms with E-state index >= 15 is 0 Å². The number of piperidine rings is 1. The van der Waals surface area contributed by atoms with Crippen LogP contribution in [0.4, 0.5) is 13.2 Å². The van der Waals surface area contributed by atoms with Crippen LogP contribution in [0.15, 0.2) is 53.3 Å². The lowest BCUT2D eigenvalue weighted by Crippen LogP contribution is -2.45. The lowest BCUT2D eigenvalue weighted by atomic mass is 9.97. The van der Waals surface area contributed by atoms with Crippen LogP contribution in [-0.2, 0) is 0 Å². The van der Waals surface area contributed by atoms with Gasteiger partial charge in [-0.2, -0.15) is 0 Å². The maximum absolute atomic E-state index is 14.6. The fourth-order valence-corrected chi connectivity index (χ4v) is 4.60. The molecular formula is C24H22ClF3N6O. The Bertz CT molecular complexity index is 1330. The van der Waals surface area contributed by atoms with Crippen molar-refractivity contribution >= 4 is 34.4 Å². The molecular weight excluding hydrogens is 481 g/mol. The van der Waals surface area contributed by atoms with Crippen LogP contribution < -0.4 is 10.6 Å². The van der Waals surface area contributed by atoms with Crippen LogP contribution in [0.5, 0.6) is 0 Å². The Morgan fingerprint density at radius 2 is 2.06 bits per heavy atom. The summed E-state index contributed by atoms with van der Waals surface area (Å²) >= 11 is 6.08. The van der Waals surface area contributed by atoms with E-state index in [9.17, 15) is 18.0 Å². The Balaban J connectivity index is 1.24. The van der Waals surface area contributed by atoms with E-state index in [1.54, 1.807) is 12.3 Å². The van der Waals surface area contributed by atoms with E-state index in [1.165, 1.54) is 17.2 Å². The van der Waals surface area contributed by atoms with Gasteiger partial charge in [0.15, 0.2) is 5.83 Å². The lowest BCUT2D eigenvalue weighted by molar-refractivity contribution is 0.0664. The van der Waals surface area contributed by atoms with E-state index in [1.807, 2.05) is 0 Å². The molecule has 1 atom stereocenters. The molecule has 7 nitrogen and oxygen atoms in total. The Morgan fingerprint density at radius 1 is 1.26 bits per heavy atom. The van der Waals surface area contributed by atoms with Gasteiger partial charge in [-0.3, -0.25) is 9.79 Å². The summed E-state index contributed by atoms with van der Waals surface area (Å²) in [7, 11) is 0. The molecule has 0 bridgehead atoms. The maximum atomic E-state index is 14.6. The monoisotopic (exact) mass is 502 g/mol. The SMILES string of the molecule is O=C(c1c(F)cccc1F)N1CCC[C@H](CNC2=C(F)CN=C(c3c[nH]c4ncc(Cl)cc34)N2)C1. The number of carbonyl (C=O) groups excluding carboxylic acids is 1. The van der Waals surface area contributed by atoms with E-state index in [2.05, 4.69) is 25.6 Å². The molecule has 3 N–H and O–H groups in total. The molecule has 1 fully saturated rings. The summed E-state index contributed by atoms with van der Waals surface area (Å²) in [6.07, 6.45) is 4.73. The van der Waals surface area contributed by atoms with E-state index in [-0.39, 0.29) is 18.3 Å². The molecule has 2 aliphatic rings. The number of aliphatic imine (C=N–C) groups is 1. The van der Waals surface area contributed by atoms with Crippen LogP contribution in [0.1, 0.15) is 28.8 Å². The average Bonchev–Trinajstić information content (AvgIpc) is 3.26. The second-order valence-corrected chi connectivity index (χ2v) is 9.00. The first kappa shape index (κ1) is 23.2. The smallest absolute Gasteiger partial charge is 0.259 e. The summed E-state index contributed by atoms with van der Waals surface area (Å²) in [4.78, 5) is 25.8. The van der Waals surface area contributed by atoms with E-state index in [0.717, 1.165) is 23.9 Å². The summed E-state index contributed by atoms with van der Waals surface area (Å²) in [5.74, 6) is -2.23. The minimum Gasteiger partial charge on any atom is -0.369 e. The zero-order chi connectivity index (χ0) is 24.5. The number of nitrogens with one attached hydrogen (secondary N) is 3. The zero-order valence-corrected chi connectivity index (χ0v) is 19.3. The summed E-state index contributed by atoms with van der Waals surface area (Å²) < 4.78 is 42.7. The number of amides is 1. The third-order valence-electron chi connectivity index (χ3n) is 6.19. The minimum atomic E-state index is -0.880. The van der Waals surface area contributed by atoms with E-state index < -0.39 is 28.9 Å². The van der Waals surface area contributed by atoms with Crippen molar-refractivity contribution in [3.8, 4) is 0 Å². The number of pyridine rings is 1. The molecule has 1 amide bonds. The van der Waals surface area contributed by atoms with Gasteiger partial charge >= 0.3 is 0 Å². The van der Waals surface area contributed by atoms with Crippen molar-refractivity contribution in [3.63, 3.8) is 0 Å². The van der Waals surface area contributed by atoms with Crippen molar-refractivity contribution in [2.75, 3.05) is 26.2 Å². The highest BCUT2D eigenvalue weighted by Crippen LogP contribution is 2.24. The molecule has 0 spiro atoms. The van der Waals surface area contributed by atoms with Gasteiger partial charge in [0.05, 0.1) is 11.6 Å². The maximum Gasteiger partial charge on any atom is 0.259 e. The minimum absolute atomic E-state index is 0.0250. The summed E-state index contributed by atoms with van der Waals surface area (Å²) in [6, 6.07) is 5.12. The number of nitrogens with zero attached hydrogens (tertiary/aromatic N) is 3. The van der Waals surface area contributed by atoms with Crippen LogP contribution >= 0.6 is 11.6 Å². The van der Waals surface area contributed by atoms with Crippen molar-refractivity contribution in [2.24, 2.45) is 10.9 Å². The molecule has 1 aromatic carbocycles. The summed E-state index contributed by atoms with van der Waals surface area (Å²) in [5.41, 5.74) is 0.804. The number of benzene rings is 1. The van der Waals surface area contributed by atoms with Gasteiger partial charge in [-0.05, 0) is 37.0 Å². The standard InChI is InChI=1S/C24H22ClF3N6O/c25-14-7-15-16(10-31-21(15)30-9-14)22-32-11-19(28)23(33-22)29-8-13-3-2-6-34(12-13)24(35)20-17(26)4-1-5-18(20)27/h1,4-5,7,9-10,13,29H,2-3,6,8,11-12H2,(H,30,31)(H,32,33)/t13-/m1/s1. The number of hydrogen-bond acceptors (Lipinski definition) is 5. The van der Waals surface area contributed by atoms with Crippen LogP contribution in [0.2, 0.25) is 5.02 Å². The van der Waals surface area contributed by atoms with Gasteiger partial charge in [-0.25, -0.2) is 18.2 Å². The van der Waals surface area contributed by atoms with Crippen LogP contribution in [0.3, 0.4) is 0 Å². The van der Waals surface area contributed by atoms with Crippen molar-refractivity contribution < 1.29 is 18.0 Å². The van der Waals surface area contributed by atoms with Crippen LogP contribution in [0.25, 0.3) is 11.0 Å². The van der Waals surface area contributed by atoms with Gasteiger partial charge < -0.3 is 20.5 Å². The molecule has 3 aromatic rings. The van der Waals surface area contributed by atoms with E-state index in [4.69, 9.17) is 11.6 Å². The third kappa shape index (κ3) is 4.70. The highest BCUT2D eigenvalue weighted by Gasteiger charge is 2.29. The first-order valence-corrected chi connectivity index (χ1v) is 11.6. The number of H-pyrrole nitrogens is 1. The Morgan fingerprint density at radius 3 is 2.86 bits per heavy atom. The fourth-order valence-electron chi connectivity index (χ4n) is 4.44. The molecule has 11 heteroatoms. The molecule has 182 valence electrons. The van der Waals surface area contributed by atoms with Gasteiger partial charge in [0.1, 0.15) is 34.5 Å². The Hall–Kier alpha value is -3.53. The number of rotatable bonds is 5. The Labute approximate surface area is 204 Å². The molecule has 0 saturated carbocycles. The predicted molar refractivity (Wildman–Crippen MR) is 127 cm³/mol. The molecule has 0 aliphatic carbocycles. The highest BCUT2D eigenvalue weighted by molar-refractivity contribution is 6.31. The molecule has 1 saturated heterocycles. The molecule has 0 radical (unpaired) electrons. The molecule has 4 heterocycles. The lowest BCUT2D eigenvalue weighted by Gasteiger charge is -2.33. The van der Waals surface area contributed by atoms with Crippen molar-refractivity contribution in [2.45, 2.75) is 12.8 Å². The number of hydrogen-bond donors (Lipinski definition) is 3. The predicted octanol–water partition coefficient (Wildman–Crippen LogP) is 4.12. The third-order valence-corrected chi connectivity index (χ3v) is 6.40. The highest BCUT2D eigenvalue weighted by atomic mass is 35.5. The van der Waals surface area contributed by atoms with Crippen LogP contribution in [-0.4, -0.2) is 52.8 Å². The first-order valence-electron chi connectivity index (χ1n) is 11.2. The summed E-state index contributed by atoms with van der Waals surface area (Å²) in [5, 5.41) is 7.32. The second kappa shape index (κ2) is 9.61. The quantitative estimate of drug-likeness (QED) is 0.490. The number of aromatic nitrogens is 2. The van der Waals surface area contributed by atoms with Gasteiger partial charge in [0.2, 0.25) is 0 Å². The first-order chi connectivity index (χ1) is 16.9. The number of halogens is 4. The second-order valence-electron chi connectivity index (χ2n) is 8.56. The fraction of sp³-hybridized carbons (Fsp3) is 0.292. The normalized spacial score (nSPS) is 18.5. The Kier molecular flexibility index (Phi) is 6.38. The molecule has 0 unspecified atom stereocenters. The number of fused-ring (bicyclic) bond motifs is 1. The number of carbonyl (C=O) groups is 1. The topological polar surface area (TPSA) is 85.4 Å². The van der Waals surface area contributed by atoms with Crippen molar-refractivity contribution in [3.05, 3.63) is 76.1 Å².